The van der Waals surface area contributed by atoms with Crippen LogP contribution in [-0.4, -0.2) is 18.1 Å². The van der Waals surface area contributed by atoms with Crippen molar-refractivity contribution in [2.45, 2.75) is 0 Å². The fourth-order valence-electron chi connectivity index (χ4n) is 1.50. The Morgan fingerprint density at radius 3 is 2.88 bits per heavy atom. The molecule has 0 saturated carbocycles. The first kappa shape index (κ1) is 10.9. The number of hydrogen-bond donors (Lipinski definition) is 1. The molecule has 4 nitrogen and oxygen atoms in total. The number of halogens is 1. The van der Waals surface area contributed by atoms with Crippen LogP contribution in [0, 0.1) is 0 Å². The standard InChI is InChI=1S/C11H9BrN2O2/c1-16-11(15)8-5-10(13)14-9-3-2-6(12)4-7(8)9/h2-5H,1H3,(H2,13,14). The molecule has 0 amide bonds. The summed E-state index contributed by atoms with van der Waals surface area (Å²) in [7, 11) is 1.34. The van der Waals surface area contributed by atoms with Gasteiger partial charge in [0.15, 0.2) is 0 Å². The first-order chi connectivity index (χ1) is 7.61. The van der Waals surface area contributed by atoms with Crippen LogP contribution >= 0.6 is 15.9 Å². The van der Waals surface area contributed by atoms with Crippen LogP contribution in [-0.2, 0) is 4.74 Å². The van der Waals surface area contributed by atoms with Crippen LogP contribution in [0.15, 0.2) is 28.7 Å². The molecule has 1 aromatic heterocycles. The molecule has 0 aliphatic carbocycles. The number of rotatable bonds is 1. The topological polar surface area (TPSA) is 65.2 Å². The Bertz CT molecular complexity index is 569. The number of nitrogen functional groups attached to an aromatic ring is 1. The van der Waals surface area contributed by atoms with E-state index >= 15 is 0 Å². The number of carbonyl (C=O) groups excluding carboxylic acids is 1. The summed E-state index contributed by atoms with van der Waals surface area (Å²) in [6.07, 6.45) is 0. The van der Waals surface area contributed by atoms with Gasteiger partial charge < -0.3 is 10.5 Å². The Morgan fingerprint density at radius 2 is 2.19 bits per heavy atom. The lowest BCUT2D eigenvalue weighted by atomic mass is 10.1. The van der Waals surface area contributed by atoms with Gasteiger partial charge in [-0.05, 0) is 24.3 Å². The molecule has 2 aromatic rings. The van der Waals surface area contributed by atoms with E-state index in [9.17, 15) is 4.79 Å². The highest BCUT2D eigenvalue weighted by molar-refractivity contribution is 9.10. The SMILES string of the molecule is COC(=O)c1cc(N)nc2ccc(Br)cc12. The minimum Gasteiger partial charge on any atom is -0.465 e. The maximum absolute atomic E-state index is 11.6. The first-order valence-electron chi connectivity index (χ1n) is 4.56. The summed E-state index contributed by atoms with van der Waals surface area (Å²) in [5, 5.41) is 0.718. The van der Waals surface area contributed by atoms with Gasteiger partial charge in [-0.1, -0.05) is 15.9 Å². The van der Waals surface area contributed by atoms with Gasteiger partial charge >= 0.3 is 5.97 Å². The molecule has 0 aliphatic rings. The van der Waals surface area contributed by atoms with Crippen LogP contribution in [0.3, 0.4) is 0 Å². The number of pyridine rings is 1. The summed E-state index contributed by atoms with van der Waals surface area (Å²) in [4.78, 5) is 15.7. The molecule has 0 saturated heterocycles. The van der Waals surface area contributed by atoms with Crippen molar-refractivity contribution in [3.05, 3.63) is 34.3 Å². The number of benzene rings is 1. The zero-order valence-electron chi connectivity index (χ0n) is 8.53. The molecule has 1 heterocycles. The van der Waals surface area contributed by atoms with E-state index in [-0.39, 0.29) is 0 Å². The van der Waals surface area contributed by atoms with E-state index in [2.05, 4.69) is 20.9 Å². The Kier molecular flexibility index (Phi) is 2.78. The Balaban J connectivity index is 2.79. The molecule has 0 unspecified atom stereocenters. The maximum Gasteiger partial charge on any atom is 0.338 e. The Hall–Kier alpha value is -1.62. The van der Waals surface area contributed by atoms with E-state index in [0.29, 0.717) is 16.9 Å². The molecule has 0 atom stereocenters. The van der Waals surface area contributed by atoms with Gasteiger partial charge in [0.1, 0.15) is 5.82 Å². The number of aromatic nitrogens is 1. The third kappa shape index (κ3) is 1.86. The van der Waals surface area contributed by atoms with Gasteiger partial charge in [0.25, 0.3) is 0 Å². The van der Waals surface area contributed by atoms with E-state index in [1.165, 1.54) is 13.2 Å². The van der Waals surface area contributed by atoms with E-state index in [1.807, 2.05) is 12.1 Å². The Labute approximate surface area is 101 Å². The predicted molar refractivity (Wildman–Crippen MR) is 65.2 cm³/mol. The molecule has 0 radical (unpaired) electrons. The molecule has 0 spiro atoms. The second-order valence-corrected chi connectivity index (χ2v) is 4.16. The van der Waals surface area contributed by atoms with Gasteiger partial charge in [-0.2, -0.15) is 0 Å². The van der Waals surface area contributed by atoms with Crippen molar-refractivity contribution < 1.29 is 9.53 Å². The lowest BCUT2D eigenvalue weighted by molar-refractivity contribution is 0.0603. The summed E-state index contributed by atoms with van der Waals surface area (Å²) in [6.45, 7) is 0. The molecule has 0 aliphatic heterocycles. The average Bonchev–Trinajstić information content (AvgIpc) is 2.27. The van der Waals surface area contributed by atoms with Crippen molar-refractivity contribution in [3.63, 3.8) is 0 Å². The van der Waals surface area contributed by atoms with Crippen LogP contribution < -0.4 is 5.73 Å². The van der Waals surface area contributed by atoms with E-state index in [1.54, 1.807) is 6.07 Å². The largest absolute Gasteiger partial charge is 0.465 e. The number of carbonyl (C=O) groups is 1. The highest BCUT2D eigenvalue weighted by Crippen LogP contribution is 2.24. The number of esters is 1. The van der Waals surface area contributed by atoms with Crippen LogP contribution in [0.2, 0.25) is 0 Å². The third-order valence-electron chi connectivity index (χ3n) is 2.20. The quantitative estimate of drug-likeness (QED) is 0.815. The number of hydrogen-bond acceptors (Lipinski definition) is 4. The summed E-state index contributed by atoms with van der Waals surface area (Å²) in [6, 6.07) is 6.96. The van der Waals surface area contributed by atoms with Crippen molar-refractivity contribution >= 4 is 38.6 Å². The highest BCUT2D eigenvalue weighted by Gasteiger charge is 2.12. The minimum absolute atomic E-state index is 0.301. The van der Waals surface area contributed by atoms with Crippen molar-refractivity contribution in [3.8, 4) is 0 Å². The summed E-state index contributed by atoms with van der Waals surface area (Å²) >= 11 is 3.34. The number of anilines is 1. The molecule has 2 rings (SSSR count). The van der Waals surface area contributed by atoms with E-state index < -0.39 is 5.97 Å². The fourth-order valence-corrected chi connectivity index (χ4v) is 1.86. The zero-order chi connectivity index (χ0) is 11.7. The Morgan fingerprint density at radius 1 is 1.44 bits per heavy atom. The van der Waals surface area contributed by atoms with Crippen molar-refractivity contribution in [2.75, 3.05) is 12.8 Å². The molecule has 0 bridgehead atoms. The summed E-state index contributed by atoms with van der Waals surface area (Å²) in [5.41, 5.74) is 6.72. The maximum atomic E-state index is 11.6. The van der Waals surface area contributed by atoms with Crippen molar-refractivity contribution in [1.82, 2.24) is 4.98 Å². The number of fused-ring (bicyclic) bond motifs is 1. The second kappa shape index (κ2) is 4.09. The number of nitrogens with zero attached hydrogens (tertiary/aromatic N) is 1. The van der Waals surface area contributed by atoms with Crippen LogP contribution in [0.1, 0.15) is 10.4 Å². The average molecular weight is 281 g/mol. The van der Waals surface area contributed by atoms with Gasteiger partial charge in [0.2, 0.25) is 0 Å². The van der Waals surface area contributed by atoms with Gasteiger partial charge in [-0.3, -0.25) is 0 Å². The number of nitrogens with two attached hydrogens (primary N) is 1. The smallest absolute Gasteiger partial charge is 0.338 e. The molecular formula is C11H9BrN2O2. The van der Waals surface area contributed by atoms with E-state index in [0.717, 1.165) is 9.86 Å². The minimum atomic E-state index is -0.419. The van der Waals surface area contributed by atoms with E-state index in [4.69, 9.17) is 10.5 Å². The molecule has 2 N–H and O–H groups in total. The molecule has 5 heteroatoms. The van der Waals surface area contributed by atoms with Gasteiger partial charge in [-0.25, -0.2) is 9.78 Å². The normalized spacial score (nSPS) is 10.4. The number of methoxy groups -OCH3 is 1. The third-order valence-corrected chi connectivity index (χ3v) is 2.69. The first-order valence-corrected chi connectivity index (χ1v) is 5.35. The lowest BCUT2D eigenvalue weighted by Gasteiger charge is -2.06. The summed E-state index contributed by atoms with van der Waals surface area (Å²) < 4.78 is 5.57. The summed E-state index contributed by atoms with van der Waals surface area (Å²) in [5.74, 6) is -0.118. The highest BCUT2D eigenvalue weighted by atomic mass is 79.9. The van der Waals surface area contributed by atoms with Gasteiger partial charge in [0.05, 0.1) is 18.2 Å². The van der Waals surface area contributed by atoms with Crippen molar-refractivity contribution in [2.24, 2.45) is 0 Å². The predicted octanol–water partition coefficient (Wildman–Crippen LogP) is 2.37. The molecule has 82 valence electrons. The molecule has 1 aromatic carbocycles. The number of ether oxygens (including phenoxy) is 1. The molecular weight excluding hydrogens is 272 g/mol. The lowest BCUT2D eigenvalue weighted by Crippen LogP contribution is -2.04. The zero-order valence-corrected chi connectivity index (χ0v) is 10.1. The van der Waals surface area contributed by atoms with Crippen LogP contribution in [0.5, 0.6) is 0 Å². The molecule has 16 heavy (non-hydrogen) atoms. The van der Waals surface area contributed by atoms with Gasteiger partial charge in [-0.15, -0.1) is 0 Å². The van der Waals surface area contributed by atoms with Crippen molar-refractivity contribution in [1.29, 1.82) is 0 Å². The second-order valence-electron chi connectivity index (χ2n) is 3.25. The van der Waals surface area contributed by atoms with Crippen LogP contribution in [0.25, 0.3) is 10.9 Å². The van der Waals surface area contributed by atoms with Crippen LogP contribution in [0.4, 0.5) is 5.82 Å². The fraction of sp³-hybridized carbons (Fsp3) is 0.0909. The van der Waals surface area contributed by atoms with Gasteiger partial charge in [0, 0.05) is 9.86 Å². The monoisotopic (exact) mass is 280 g/mol. The molecule has 0 fully saturated rings.